The minimum Gasteiger partial charge on any atom is -0.353 e. The summed E-state index contributed by atoms with van der Waals surface area (Å²) in [5.41, 5.74) is 0.887. The first-order valence-corrected chi connectivity index (χ1v) is 8.92. The van der Waals surface area contributed by atoms with Gasteiger partial charge in [0.1, 0.15) is 5.82 Å². The molecule has 6 heteroatoms. The quantitative estimate of drug-likeness (QED) is 0.898. The number of hydrogen-bond acceptors (Lipinski definition) is 3. The van der Waals surface area contributed by atoms with Crippen LogP contribution in [0.25, 0.3) is 0 Å². The Morgan fingerprint density at radius 2 is 2.09 bits per heavy atom. The van der Waals surface area contributed by atoms with Gasteiger partial charge in [0.2, 0.25) is 11.8 Å². The second kappa shape index (κ2) is 8.34. The predicted octanol–water partition coefficient (Wildman–Crippen LogP) is 2.75. The van der Waals surface area contributed by atoms with Gasteiger partial charge in [-0.1, -0.05) is 12.1 Å². The zero-order valence-electron chi connectivity index (χ0n) is 13.5. The Labute approximate surface area is 140 Å². The molecule has 1 N–H and O–H groups in total. The van der Waals surface area contributed by atoms with Crippen molar-refractivity contribution in [3.05, 3.63) is 35.6 Å². The van der Waals surface area contributed by atoms with Gasteiger partial charge in [0, 0.05) is 31.3 Å². The molecule has 0 unspecified atom stereocenters. The summed E-state index contributed by atoms with van der Waals surface area (Å²) in [4.78, 5) is 25.1. The van der Waals surface area contributed by atoms with Crippen LogP contribution in [0.3, 0.4) is 0 Å². The summed E-state index contributed by atoms with van der Waals surface area (Å²) < 4.78 is 13.2. The lowest BCUT2D eigenvalue weighted by Gasteiger charge is -2.31. The third-order valence-corrected chi connectivity index (χ3v) is 5.29. The van der Waals surface area contributed by atoms with Crippen molar-refractivity contribution in [3.63, 3.8) is 0 Å². The van der Waals surface area contributed by atoms with Crippen molar-refractivity contribution in [2.75, 3.05) is 18.8 Å². The second-order valence-electron chi connectivity index (χ2n) is 5.86. The van der Waals surface area contributed by atoms with E-state index in [1.165, 1.54) is 23.9 Å². The molecule has 1 atom stereocenters. The molecule has 0 spiro atoms. The smallest absolute Gasteiger partial charge is 0.230 e. The third-order valence-electron chi connectivity index (χ3n) is 4.09. The van der Waals surface area contributed by atoms with E-state index in [-0.39, 0.29) is 28.9 Å². The van der Waals surface area contributed by atoms with E-state index in [1.54, 1.807) is 13.0 Å². The Kier molecular flexibility index (Phi) is 6.45. The number of nitrogens with one attached hydrogen (secondary N) is 1. The molecule has 126 valence electrons. The summed E-state index contributed by atoms with van der Waals surface area (Å²) in [5, 5.41) is 3.09. The molecule has 1 aromatic rings. The van der Waals surface area contributed by atoms with Crippen molar-refractivity contribution in [3.8, 4) is 0 Å². The number of piperidine rings is 1. The van der Waals surface area contributed by atoms with E-state index in [4.69, 9.17) is 0 Å². The largest absolute Gasteiger partial charge is 0.353 e. The summed E-state index contributed by atoms with van der Waals surface area (Å²) in [6.45, 7) is 4.95. The van der Waals surface area contributed by atoms with Gasteiger partial charge >= 0.3 is 0 Å². The lowest BCUT2D eigenvalue weighted by Crippen LogP contribution is -2.46. The molecular formula is C17H23FN2O2S. The molecule has 2 rings (SSSR count). The molecule has 0 saturated carbocycles. The summed E-state index contributed by atoms with van der Waals surface area (Å²) in [6, 6.07) is 6.62. The van der Waals surface area contributed by atoms with Crippen LogP contribution in [0.1, 0.15) is 37.5 Å². The number of carbonyl (C=O) groups is 2. The van der Waals surface area contributed by atoms with Gasteiger partial charge in [-0.05, 0) is 37.5 Å². The number of nitrogens with zero attached hydrogens (tertiary/aromatic N) is 1. The number of likely N-dealkylation sites (tertiary alicyclic amines) is 1. The molecule has 0 aromatic heterocycles. The lowest BCUT2D eigenvalue weighted by atomic mass is 10.1. The number of benzene rings is 1. The van der Waals surface area contributed by atoms with Crippen molar-refractivity contribution < 1.29 is 14.0 Å². The van der Waals surface area contributed by atoms with E-state index in [1.807, 2.05) is 17.9 Å². The Morgan fingerprint density at radius 3 is 2.70 bits per heavy atom. The monoisotopic (exact) mass is 338 g/mol. The lowest BCUT2D eigenvalue weighted by molar-refractivity contribution is -0.130. The van der Waals surface area contributed by atoms with Crippen molar-refractivity contribution >= 4 is 23.6 Å². The van der Waals surface area contributed by atoms with Crippen molar-refractivity contribution in [1.82, 2.24) is 10.2 Å². The van der Waals surface area contributed by atoms with Gasteiger partial charge < -0.3 is 10.2 Å². The van der Waals surface area contributed by atoms with Crippen LogP contribution < -0.4 is 5.32 Å². The molecule has 1 saturated heterocycles. The second-order valence-corrected chi connectivity index (χ2v) is 7.19. The van der Waals surface area contributed by atoms with E-state index in [9.17, 15) is 14.0 Å². The molecule has 0 aliphatic carbocycles. The predicted molar refractivity (Wildman–Crippen MR) is 90.7 cm³/mol. The van der Waals surface area contributed by atoms with Gasteiger partial charge in [0.25, 0.3) is 0 Å². The molecule has 2 amide bonds. The molecule has 1 aromatic carbocycles. The zero-order chi connectivity index (χ0) is 16.8. The maximum Gasteiger partial charge on any atom is 0.230 e. The topological polar surface area (TPSA) is 49.4 Å². The van der Waals surface area contributed by atoms with E-state index in [2.05, 4.69) is 5.32 Å². The number of thioether (sulfide) groups is 1. The van der Waals surface area contributed by atoms with Gasteiger partial charge in [0.15, 0.2) is 0 Å². The summed E-state index contributed by atoms with van der Waals surface area (Å²) in [6.07, 6.45) is 1.60. The maximum atomic E-state index is 13.2. The fraction of sp³-hybridized carbons (Fsp3) is 0.529. The fourth-order valence-corrected chi connectivity index (χ4v) is 3.49. The van der Waals surface area contributed by atoms with Gasteiger partial charge in [-0.25, -0.2) is 4.39 Å². The molecule has 1 heterocycles. The van der Waals surface area contributed by atoms with Crippen LogP contribution in [0, 0.1) is 5.82 Å². The van der Waals surface area contributed by atoms with E-state index < -0.39 is 0 Å². The molecule has 0 radical (unpaired) electrons. The Hall–Kier alpha value is -1.56. The Bertz CT molecular complexity index is 559. The number of rotatable bonds is 5. The summed E-state index contributed by atoms with van der Waals surface area (Å²) >= 11 is 1.50. The van der Waals surface area contributed by atoms with E-state index >= 15 is 0 Å². The Morgan fingerprint density at radius 1 is 1.39 bits per heavy atom. The zero-order valence-corrected chi connectivity index (χ0v) is 14.4. The highest BCUT2D eigenvalue weighted by Crippen LogP contribution is 2.28. The molecule has 1 fully saturated rings. The van der Waals surface area contributed by atoms with Gasteiger partial charge in [0.05, 0.1) is 5.75 Å². The highest BCUT2D eigenvalue weighted by Gasteiger charge is 2.22. The molecule has 4 nitrogen and oxygen atoms in total. The molecule has 23 heavy (non-hydrogen) atoms. The number of hydrogen-bond donors (Lipinski definition) is 1. The van der Waals surface area contributed by atoms with Crippen LogP contribution >= 0.6 is 11.8 Å². The van der Waals surface area contributed by atoms with E-state index in [0.29, 0.717) is 18.8 Å². The normalized spacial score (nSPS) is 16.9. The maximum absolute atomic E-state index is 13.2. The van der Waals surface area contributed by atoms with E-state index in [0.717, 1.165) is 18.4 Å². The van der Waals surface area contributed by atoms with Crippen LogP contribution in [0.5, 0.6) is 0 Å². The van der Waals surface area contributed by atoms with Crippen LogP contribution in [0.2, 0.25) is 0 Å². The highest BCUT2D eigenvalue weighted by atomic mass is 32.2. The number of carbonyl (C=O) groups excluding carboxylic acids is 2. The first kappa shape index (κ1) is 17.8. The molecule has 1 aliphatic heterocycles. The van der Waals surface area contributed by atoms with Crippen molar-refractivity contribution in [2.45, 2.75) is 38.0 Å². The third kappa shape index (κ3) is 5.53. The average molecular weight is 338 g/mol. The minimum absolute atomic E-state index is 0.000437. The van der Waals surface area contributed by atoms with Crippen LogP contribution in [-0.4, -0.2) is 41.6 Å². The fourth-order valence-electron chi connectivity index (χ4n) is 2.66. The standard InChI is InChI=1S/C17H23FN2O2S/c1-12(14-4-3-5-15(18)10-14)23-11-17(22)19-16-6-8-20(9-7-16)13(2)21/h3-5,10,12,16H,6-9,11H2,1-2H3,(H,19,22)/t12-/m0/s1. The SMILES string of the molecule is CC(=O)N1CCC(NC(=O)CS[C@@H](C)c2cccc(F)c2)CC1. The van der Waals surface area contributed by atoms with Crippen LogP contribution in [-0.2, 0) is 9.59 Å². The molecular weight excluding hydrogens is 315 g/mol. The van der Waals surface area contributed by atoms with Gasteiger partial charge in [-0.15, -0.1) is 11.8 Å². The summed E-state index contributed by atoms with van der Waals surface area (Å²) in [5.74, 6) is 0.190. The van der Waals surface area contributed by atoms with Crippen molar-refractivity contribution in [1.29, 1.82) is 0 Å². The first-order valence-electron chi connectivity index (χ1n) is 7.87. The van der Waals surface area contributed by atoms with Crippen LogP contribution in [0.4, 0.5) is 4.39 Å². The van der Waals surface area contributed by atoms with Gasteiger partial charge in [-0.2, -0.15) is 0 Å². The Balaban J connectivity index is 1.72. The highest BCUT2D eigenvalue weighted by molar-refractivity contribution is 8.00. The molecule has 1 aliphatic rings. The number of halogens is 1. The van der Waals surface area contributed by atoms with Gasteiger partial charge in [-0.3, -0.25) is 9.59 Å². The summed E-state index contributed by atoms with van der Waals surface area (Å²) in [7, 11) is 0. The minimum atomic E-state index is -0.253. The average Bonchev–Trinajstić information content (AvgIpc) is 2.53. The molecule has 0 bridgehead atoms. The first-order chi connectivity index (χ1) is 11.0. The number of amides is 2. The van der Waals surface area contributed by atoms with Crippen molar-refractivity contribution in [2.24, 2.45) is 0 Å². The van der Waals surface area contributed by atoms with Crippen LogP contribution in [0.15, 0.2) is 24.3 Å².